The number of benzene rings is 2. The molecule has 3 aromatic heterocycles. The van der Waals surface area contributed by atoms with Crippen LogP contribution in [0, 0.1) is 6.92 Å². The van der Waals surface area contributed by atoms with Crippen LogP contribution in [0.4, 0.5) is 0 Å². The lowest BCUT2D eigenvalue weighted by atomic mass is 9.98. The summed E-state index contributed by atoms with van der Waals surface area (Å²) in [6.45, 7) is 4.66. The largest absolute Gasteiger partial charge is 0.309 e. The molecular weight excluding hydrogens is 426 g/mol. The molecule has 170 valence electrons. The van der Waals surface area contributed by atoms with E-state index in [1.807, 2.05) is 31.2 Å². The summed E-state index contributed by atoms with van der Waals surface area (Å²) in [7, 11) is 0. The van der Waals surface area contributed by atoms with Crippen molar-refractivity contribution in [3.05, 3.63) is 88.1 Å². The van der Waals surface area contributed by atoms with Crippen molar-refractivity contribution < 1.29 is 0 Å². The summed E-state index contributed by atoms with van der Waals surface area (Å²) in [4.78, 5) is 21.7. The smallest absolute Gasteiger partial charge is 0.282 e. The molecule has 1 N–H and O–H groups in total. The summed E-state index contributed by atoms with van der Waals surface area (Å²) in [6, 6.07) is 18.3. The van der Waals surface area contributed by atoms with Crippen molar-refractivity contribution in [2.24, 2.45) is 0 Å². The van der Waals surface area contributed by atoms with Gasteiger partial charge in [0.15, 0.2) is 0 Å². The van der Waals surface area contributed by atoms with E-state index in [-0.39, 0.29) is 5.56 Å². The van der Waals surface area contributed by atoms with Gasteiger partial charge in [-0.05, 0) is 46.9 Å². The highest BCUT2D eigenvalue weighted by atomic mass is 16.1. The highest BCUT2D eigenvalue weighted by Gasteiger charge is 2.14. The molecule has 0 radical (unpaired) electrons. The monoisotopic (exact) mass is 451 g/mol. The van der Waals surface area contributed by atoms with E-state index < -0.39 is 0 Å². The SMILES string of the molecule is CCCCc1nc(=O)c2cc(C)cnc2n1Cc1ccc(-c2ccccc2-c2nn[nH]n2)cc1. The molecule has 5 aromatic rings. The number of H-pyrrole nitrogens is 1. The Morgan fingerprint density at radius 2 is 1.82 bits per heavy atom. The minimum atomic E-state index is -0.207. The molecule has 0 aliphatic carbocycles. The maximum Gasteiger partial charge on any atom is 0.282 e. The van der Waals surface area contributed by atoms with Crippen molar-refractivity contribution in [1.82, 2.24) is 35.2 Å². The number of nitrogens with zero attached hydrogens (tertiary/aromatic N) is 6. The average Bonchev–Trinajstić information content (AvgIpc) is 3.40. The standard InChI is InChI=1S/C26H25N7O/c1-3-4-9-23-28-26(34)22-14-17(2)15-27-25(22)33(23)16-18-10-12-19(13-11-18)20-7-5-6-8-21(20)24-29-31-32-30-24/h5-8,10-15H,3-4,9,16H2,1-2H3,(H,29,30,31,32). The van der Waals surface area contributed by atoms with Gasteiger partial charge in [0.1, 0.15) is 11.5 Å². The van der Waals surface area contributed by atoms with Crippen molar-refractivity contribution in [3.8, 4) is 22.5 Å². The number of fused-ring (bicyclic) bond motifs is 1. The lowest BCUT2D eigenvalue weighted by Gasteiger charge is -2.16. The fourth-order valence-corrected chi connectivity index (χ4v) is 4.16. The summed E-state index contributed by atoms with van der Waals surface area (Å²) in [6.07, 6.45) is 4.55. The first-order chi connectivity index (χ1) is 16.6. The predicted molar refractivity (Wildman–Crippen MR) is 131 cm³/mol. The van der Waals surface area contributed by atoms with Crippen molar-refractivity contribution >= 4 is 11.0 Å². The molecule has 0 aliphatic heterocycles. The molecule has 0 amide bonds. The molecule has 8 nitrogen and oxygen atoms in total. The summed E-state index contributed by atoms with van der Waals surface area (Å²) in [5.41, 5.74) is 5.54. The number of aryl methyl sites for hydroxylation is 2. The first-order valence-electron chi connectivity index (χ1n) is 11.4. The molecule has 0 unspecified atom stereocenters. The summed E-state index contributed by atoms with van der Waals surface area (Å²) < 4.78 is 2.08. The normalized spacial score (nSPS) is 11.2. The van der Waals surface area contributed by atoms with E-state index in [0.717, 1.165) is 52.9 Å². The first-order valence-corrected chi connectivity index (χ1v) is 11.4. The van der Waals surface area contributed by atoms with E-state index in [0.29, 0.717) is 23.4 Å². The third-order valence-electron chi connectivity index (χ3n) is 5.90. The van der Waals surface area contributed by atoms with Crippen LogP contribution in [0.15, 0.2) is 65.6 Å². The van der Waals surface area contributed by atoms with Gasteiger partial charge in [-0.3, -0.25) is 4.79 Å². The maximum absolute atomic E-state index is 12.7. The second kappa shape index (κ2) is 9.35. The number of nitrogens with one attached hydrogen (secondary N) is 1. The fourth-order valence-electron chi connectivity index (χ4n) is 4.16. The maximum atomic E-state index is 12.7. The zero-order valence-electron chi connectivity index (χ0n) is 19.2. The molecule has 0 aliphatic rings. The summed E-state index contributed by atoms with van der Waals surface area (Å²) in [5.74, 6) is 1.34. The predicted octanol–water partition coefficient (Wildman–Crippen LogP) is 4.34. The minimum Gasteiger partial charge on any atom is -0.309 e. The van der Waals surface area contributed by atoms with Crippen LogP contribution in [0.25, 0.3) is 33.5 Å². The molecule has 0 saturated heterocycles. The van der Waals surface area contributed by atoms with Crippen LogP contribution in [-0.2, 0) is 13.0 Å². The number of aromatic amines is 1. The molecular formula is C26H25N7O. The number of hydrogen-bond donors (Lipinski definition) is 1. The average molecular weight is 452 g/mol. The molecule has 34 heavy (non-hydrogen) atoms. The Morgan fingerprint density at radius 1 is 1.03 bits per heavy atom. The van der Waals surface area contributed by atoms with Crippen LogP contribution in [0.2, 0.25) is 0 Å². The van der Waals surface area contributed by atoms with Crippen LogP contribution >= 0.6 is 0 Å². The van der Waals surface area contributed by atoms with E-state index in [4.69, 9.17) is 0 Å². The number of aromatic nitrogens is 7. The third kappa shape index (κ3) is 4.22. The molecule has 0 saturated carbocycles. The van der Waals surface area contributed by atoms with Gasteiger partial charge in [-0.25, -0.2) is 4.98 Å². The molecule has 2 aromatic carbocycles. The lowest BCUT2D eigenvalue weighted by molar-refractivity contribution is 0.664. The quantitative estimate of drug-likeness (QED) is 0.395. The zero-order chi connectivity index (χ0) is 23.5. The fraction of sp³-hybridized carbons (Fsp3) is 0.231. The minimum absolute atomic E-state index is 0.207. The second-order valence-corrected chi connectivity index (χ2v) is 8.38. The Morgan fingerprint density at radius 3 is 2.56 bits per heavy atom. The van der Waals surface area contributed by atoms with E-state index in [9.17, 15) is 4.79 Å². The van der Waals surface area contributed by atoms with Gasteiger partial charge in [-0.1, -0.05) is 61.9 Å². The Labute approximate surface area is 196 Å². The topological polar surface area (TPSA) is 102 Å². The molecule has 0 spiro atoms. The lowest BCUT2D eigenvalue weighted by Crippen LogP contribution is -2.20. The van der Waals surface area contributed by atoms with Crippen molar-refractivity contribution in [1.29, 1.82) is 0 Å². The van der Waals surface area contributed by atoms with Crippen molar-refractivity contribution in [2.45, 2.75) is 39.7 Å². The van der Waals surface area contributed by atoms with Gasteiger partial charge in [0.25, 0.3) is 5.56 Å². The van der Waals surface area contributed by atoms with Gasteiger partial charge in [-0.2, -0.15) is 10.2 Å². The van der Waals surface area contributed by atoms with E-state index in [1.54, 1.807) is 6.20 Å². The molecule has 0 fully saturated rings. The van der Waals surface area contributed by atoms with E-state index >= 15 is 0 Å². The number of hydrogen-bond acceptors (Lipinski definition) is 6. The number of unbranched alkanes of at least 4 members (excludes halogenated alkanes) is 1. The molecule has 8 heteroatoms. The number of pyridine rings is 1. The third-order valence-corrected chi connectivity index (χ3v) is 5.90. The van der Waals surface area contributed by atoms with Gasteiger partial charge >= 0.3 is 0 Å². The molecule has 5 rings (SSSR count). The van der Waals surface area contributed by atoms with Crippen molar-refractivity contribution in [3.63, 3.8) is 0 Å². The first kappa shape index (κ1) is 21.6. The van der Waals surface area contributed by atoms with Gasteiger partial charge in [-0.15, -0.1) is 10.2 Å². The molecule has 3 heterocycles. The Balaban J connectivity index is 1.52. The highest BCUT2D eigenvalue weighted by Crippen LogP contribution is 2.30. The Hall–Kier alpha value is -4.20. The van der Waals surface area contributed by atoms with Gasteiger partial charge in [0.2, 0.25) is 5.82 Å². The number of tetrazole rings is 1. The number of rotatable bonds is 7. The van der Waals surface area contributed by atoms with Gasteiger partial charge in [0.05, 0.1) is 11.9 Å². The molecule has 0 bridgehead atoms. The van der Waals surface area contributed by atoms with Crippen LogP contribution < -0.4 is 5.56 Å². The zero-order valence-corrected chi connectivity index (χ0v) is 19.2. The van der Waals surface area contributed by atoms with Crippen LogP contribution in [0.3, 0.4) is 0 Å². The Kier molecular flexibility index (Phi) is 5.95. The van der Waals surface area contributed by atoms with Gasteiger partial charge < -0.3 is 4.57 Å². The highest BCUT2D eigenvalue weighted by molar-refractivity contribution is 5.80. The van der Waals surface area contributed by atoms with E-state index in [2.05, 4.69) is 72.4 Å². The van der Waals surface area contributed by atoms with E-state index in [1.165, 1.54) is 0 Å². The summed E-state index contributed by atoms with van der Waals surface area (Å²) >= 11 is 0. The molecule has 0 atom stereocenters. The van der Waals surface area contributed by atoms with Crippen LogP contribution in [0.5, 0.6) is 0 Å². The van der Waals surface area contributed by atoms with Gasteiger partial charge in [0, 0.05) is 18.2 Å². The summed E-state index contributed by atoms with van der Waals surface area (Å²) in [5, 5.41) is 15.0. The Bertz CT molecular complexity index is 1490. The van der Waals surface area contributed by atoms with Crippen LogP contribution in [0.1, 0.15) is 36.7 Å². The van der Waals surface area contributed by atoms with Crippen LogP contribution in [-0.4, -0.2) is 35.2 Å². The van der Waals surface area contributed by atoms with Crippen molar-refractivity contribution in [2.75, 3.05) is 0 Å². The second-order valence-electron chi connectivity index (χ2n) is 8.38.